The molecule has 1 amide bonds. The zero-order valence-electron chi connectivity index (χ0n) is 11.8. The molecule has 5 nitrogen and oxygen atoms in total. The van der Waals surface area contributed by atoms with Crippen molar-refractivity contribution in [1.82, 2.24) is 4.90 Å². The lowest BCUT2D eigenvalue weighted by Gasteiger charge is -2.31. The molecule has 1 fully saturated rings. The molecule has 0 spiro atoms. The number of carboxylic acids is 1. The number of aliphatic carboxylic acids is 1. The Morgan fingerprint density at radius 3 is 2.90 bits per heavy atom. The van der Waals surface area contributed by atoms with E-state index >= 15 is 0 Å². The van der Waals surface area contributed by atoms with Gasteiger partial charge in [-0.2, -0.15) is 0 Å². The van der Waals surface area contributed by atoms with Crippen molar-refractivity contribution in [3.63, 3.8) is 0 Å². The number of carbonyl (C=O) groups excluding carboxylic acids is 1. The van der Waals surface area contributed by atoms with E-state index in [0.717, 1.165) is 6.42 Å². The van der Waals surface area contributed by atoms with E-state index in [9.17, 15) is 9.59 Å². The summed E-state index contributed by atoms with van der Waals surface area (Å²) in [6, 6.07) is 5.13. The molecule has 1 N–H and O–H groups in total. The van der Waals surface area contributed by atoms with E-state index < -0.39 is 11.9 Å². The molecule has 1 heterocycles. The minimum Gasteiger partial charge on any atom is -0.496 e. The highest BCUT2D eigenvalue weighted by Gasteiger charge is 2.28. The molecule has 21 heavy (non-hydrogen) atoms. The fraction of sp³-hybridized carbons (Fsp3) is 0.467. The first-order valence-electron chi connectivity index (χ1n) is 6.84. The summed E-state index contributed by atoms with van der Waals surface area (Å²) in [5.41, 5.74) is 0.715. The van der Waals surface area contributed by atoms with Crippen LogP contribution in [0.15, 0.2) is 18.2 Å². The number of hydrogen-bond acceptors (Lipinski definition) is 3. The monoisotopic (exact) mass is 311 g/mol. The van der Waals surface area contributed by atoms with E-state index in [1.165, 1.54) is 0 Å². The highest BCUT2D eigenvalue weighted by atomic mass is 35.5. The second kappa shape index (κ2) is 6.80. The van der Waals surface area contributed by atoms with Crippen LogP contribution in [0, 0.1) is 5.92 Å². The Bertz CT molecular complexity index is 546. The Balaban J connectivity index is 2.07. The van der Waals surface area contributed by atoms with Crippen LogP contribution in [0.5, 0.6) is 5.75 Å². The van der Waals surface area contributed by atoms with Crippen molar-refractivity contribution in [2.75, 3.05) is 20.2 Å². The molecule has 2 rings (SSSR count). The van der Waals surface area contributed by atoms with Crippen LogP contribution < -0.4 is 4.74 Å². The smallest absolute Gasteiger partial charge is 0.308 e. The summed E-state index contributed by atoms with van der Waals surface area (Å²) >= 11 is 5.95. The van der Waals surface area contributed by atoms with Gasteiger partial charge in [-0.1, -0.05) is 11.6 Å². The van der Waals surface area contributed by atoms with E-state index in [-0.39, 0.29) is 18.9 Å². The zero-order chi connectivity index (χ0) is 15.4. The first kappa shape index (κ1) is 15.6. The fourth-order valence-corrected chi connectivity index (χ4v) is 2.76. The number of hydrogen-bond donors (Lipinski definition) is 1. The van der Waals surface area contributed by atoms with Gasteiger partial charge in [-0.15, -0.1) is 0 Å². The van der Waals surface area contributed by atoms with Crippen LogP contribution in [0.2, 0.25) is 5.02 Å². The van der Waals surface area contributed by atoms with Crippen molar-refractivity contribution in [2.45, 2.75) is 19.3 Å². The molecule has 0 saturated carbocycles. The molecular formula is C15H18ClNO4. The van der Waals surface area contributed by atoms with Crippen LogP contribution in [-0.4, -0.2) is 42.1 Å². The SMILES string of the molecule is COc1ccc(Cl)cc1CC(=O)N1CCC[C@@H](C(=O)O)C1. The quantitative estimate of drug-likeness (QED) is 0.926. The van der Waals surface area contributed by atoms with Crippen LogP contribution in [0.4, 0.5) is 0 Å². The van der Waals surface area contributed by atoms with E-state index in [4.69, 9.17) is 21.4 Å². The lowest BCUT2D eigenvalue weighted by Crippen LogP contribution is -2.43. The molecule has 0 aliphatic carbocycles. The Morgan fingerprint density at radius 2 is 2.24 bits per heavy atom. The molecule has 0 bridgehead atoms. The minimum atomic E-state index is -0.840. The number of nitrogens with zero attached hydrogens (tertiary/aromatic N) is 1. The van der Waals surface area contributed by atoms with Gasteiger partial charge in [0.15, 0.2) is 0 Å². The number of halogens is 1. The number of likely N-dealkylation sites (tertiary alicyclic amines) is 1. The molecule has 1 atom stereocenters. The van der Waals surface area contributed by atoms with Gasteiger partial charge < -0.3 is 14.7 Å². The number of benzene rings is 1. The van der Waals surface area contributed by atoms with Gasteiger partial charge in [-0.3, -0.25) is 9.59 Å². The third-order valence-electron chi connectivity index (χ3n) is 3.71. The number of carbonyl (C=O) groups is 2. The molecule has 1 aliphatic rings. The molecule has 1 aliphatic heterocycles. The predicted molar refractivity (Wildman–Crippen MR) is 78.6 cm³/mol. The summed E-state index contributed by atoms with van der Waals surface area (Å²) in [4.78, 5) is 25.0. The average Bonchev–Trinajstić information content (AvgIpc) is 2.47. The topological polar surface area (TPSA) is 66.8 Å². The molecule has 0 aromatic heterocycles. The molecular weight excluding hydrogens is 294 g/mol. The maximum atomic E-state index is 12.3. The Morgan fingerprint density at radius 1 is 1.48 bits per heavy atom. The molecule has 114 valence electrons. The molecule has 1 saturated heterocycles. The van der Waals surface area contributed by atoms with E-state index in [0.29, 0.717) is 29.3 Å². The summed E-state index contributed by atoms with van der Waals surface area (Å²) in [7, 11) is 1.54. The van der Waals surface area contributed by atoms with Crippen molar-refractivity contribution in [3.8, 4) is 5.75 Å². The fourth-order valence-electron chi connectivity index (χ4n) is 2.57. The first-order valence-corrected chi connectivity index (χ1v) is 7.22. The van der Waals surface area contributed by atoms with Gasteiger partial charge >= 0.3 is 5.97 Å². The van der Waals surface area contributed by atoms with Gasteiger partial charge in [0, 0.05) is 23.7 Å². The van der Waals surface area contributed by atoms with Crippen LogP contribution in [0.25, 0.3) is 0 Å². The van der Waals surface area contributed by atoms with Gasteiger partial charge in [0.2, 0.25) is 5.91 Å². The van der Waals surface area contributed by atoms with Gasteiger partial charge in [-0.25, -0.2) is 0 Å². The van der Waals surface area contributed by atoms with Crippen molar-refractivity contribution in [2.24, 2.45) is 5.92 Å². The summed E-state index contributed by atoms with van der Waals surface area (Å²) in [5, 5.41) is 9.61. The van der Waals surface area contributed by atoms with Gasteiger partial charge in [0.25, 0.3) is 0 Å². The first-order chi connectivity index (χ1) is 10.0. The zero-order valence-corrected chi connectivity index (χ0v) is 12.6. The lowest BCUT2D eigenvalue weighted by atomic mass is 9.97. The molecule has 1 aromatic carbocycles. The standard InChI is InChI=1S/C15H18ClNO4/c1-21-13-5-4-12(16)7-11(13)8-14(18)17-6-2-3-10(9-17)15(19)20/h4-5,7,10H,2-3,6,8-9H2,1H3,(H,19,20)/t10-/m1/s1. The Kier molecular flexibility index (Phi) is 5.07. The van der Waals surface area contributed by atoms with Gasteiger partial charge in [0.05, 0.1) is 19.4 Å². The third-order valence-corrected chi connectivity index (χ3v) is 3.94. The second-order valence-electron chi connectivity index (χ2n) is 5.15. The molecule has 0 unspecified atom stereocenters. The number of piperidine rings is 1. The summed E-state index contributed by atoms with van der Waals surface area (Å²) in [6.45, 7) is 0.878. The number of ether oxygens (including phenoxy) is 1. The maximum Gasteiger partial charge on any atom is 0.308 e. The number of carboxylic acid groups (broad SMARTS) is 1. The summed E-state index contributed by atoms with van der Waals surface area (Å²) in [5.74, 6) is -0.794. The molecule has 6 heteroatoms. The lowest BCUT2D eigenvalue weighted by molar-refractivity contribution is -0.145. The van der Waals surface area contributed by atoms with Crippen LogP contribution in [0.3, 0.4) is 0 Å². The minimum absolute atomic E-state index is 0.0958. The van der Waals surface area contributed by atoms with Crippen LogP contribution in [0.1, 0.15) is 18.4 Å². The molecule has 0 radical (unpaired) electrons. The number of amides is 1. The van der Waals surface area contributed by atoms with E-state index in [1.807, 2.05) is 0 Å². The van der Waals surface area contributed by atoms with Gasteiger partial charge in [0.1, 0.15) is 5.75 Å². The van der Waals surface area contributed by atoms with Crippen LogP contribution in [-0.2, 0) is 16.0 Å². The summed E-state index contributed by atoms with van der Waals surface area (Å²) in [6.07, 6.45) is 1.51. The second-order valence-corrected chi connectivity index (χ2v) is 5.59. The number of rotatable bonds is 4. The van der Waals surface area contributed by atoms with E-state index in [2.05, 4.69) is 0 Å². The van der Waals surface area contributed by atoms with E-state index in [1.54, 1.807) is 30.2 Å². The molecule has 1 aromatic rings. The number of methoxy groups -OCH3 is 1. The Hall–Kier alpha value is -1.75. The largest absolute Gasteiger partial charge is 0.496 e. The van der Waals surface area contributed by atoms with Crippen molar-refractivity contribution in [1.29, 1.82) is 0 Å². The van der Waals surface area contributed by atoms with Crippen molar-refractivity contribution >= 4 is 23.5 Å². The normalized spacial score (nSPS) is 18.4. The van der Waals surface area contributed by atoms with Gasteiger partial charge in [-0.05, 0) is 31.0 Å². The highest BCUT2D eigenvalue weighted by molar-refractivity contribution is 6.30. The Labute approximate surface area is 128 Å². The predicted octanol–water partition coefficient (Wildman–Crippen LogP) is 2.21. The van der Waals surface area contributed by atoms with Crippen LogP contribution >= 0.6 is 11.6 Å². The van der Waals surface area contributed by atoms with Crippen molar-refractivity contribution in [3.05, 3.63) is 28.8 Å². The highest BCUT2D eigenvalue weighted by Crippen LogP contribution is 2.24. The maximum absolute atomic E-state index is 12.3. The van der Waals surface area contributed by atoms with Crippen molar-refractivity contribution < 1.29 is 19.4 Å². The summed E-state index contributed by atoms with van der Waals surface area (Å²) < 4.78 is 5.22. The third kappa shape index (κ3) is 3.88. The average molecular weight is 312 g/mol.